The number of nitrogens with two attached hydrogens (primary N) is 2. The highest BCUT2D eigenvalue weighted by Crippen LogP contribution is 2.38. The van der Waals surface area contributed by atoms with Crippen LogP contribution in [-0.2, 0) is 52.9 Å². The Kier molecular flexibility index (Phi) is 25.6. The lowest BCUT2D eigenvalue weighted by Crippen LogP contribution is -2.29. The molecule has 0 spiro atoms. The molecule has 0 saturated carbocycles. The van der Waals surface area contributed by atoms with E-state index in [9.17, 15) is 19.5 Å². The van der Waals surface area contributed by atoms with Gasteiger partial charge in [0.05, 0.1) is 21.3 Å². The zero-order valence-corrected chi connectivity index (χ0v) is 47.6. The van der Waals surface area contributed by atoms with Gasteiger partial charge >= 0.3 is 19.1 Å². The van der Waals surface area contributed by atoms with Gasteiger partial charge in [-0.3, -0.25) is 14.4 Å². The van der Waals surface area contributed by atoms with Crippen molar-refractivity contribution in [2.24, 2.45) is 0 Å². The Morgan fingerprint density at radius 3 is 1.58 bits per heavy atom. The number of rotatable bonds is 10. The van der Waals surface area contributed by atoms with E-state index in [1.807, 2.05) is 42.5 Å². The highest BCUT2D eigenvalue weighted by atomic mass is 16.5. The topological polar surface area (TPSA) is 274 Å². The third kappa shape index (κ3) is 17.7. The van der Waals surface area contributed by atoms with Gasteiger partial charge in [-0.1, -0.05) is 80.2 Å². The predicted octanol–water partition coefficient (Wildman–Crippen LogP) is 10.6. The summed E-state index contributed by atoms with van der Waals surface area (Å²) in [5, 5.41) is 38.8. The summed E-state index contributed by atoms with van der Waals surface area (Å²) in [7, 11) is 3.42. The fourth-order valence-corrected chi connectivity index (χ4v) is 10.7. The van der Waals surface area contributed by atoms with Gasteiger partial charge in [0.2, 0.25) is 6.29 Å². The van der Waals surface area contributed by atoms with Crippen molar-refractivity contribution < 1.29 is 58.4 Å². The largest absolute Gasteiger partial charge is 0.497 e. The number of nitrogen functional groups attached to an aromatic ring is 2. The summed E-state index contributed by atoms with van der Waals surface area (Å²) in [6.07, 6.45) is 13.3. The summed E-state index contributed by atoms with van der Waals surface area (Å²) in [6.45, 7) is 0. The Hall–Kier alpha value is -9.12. The van der Waals surface area contributed by atoms with Crippen LogP contribution < -0.4 is 36.5 Å². The minimum atomic E-state index is -1.43. The minimum Gasteiger partial charge on any atom is -0.497 e. The lowest BCUT2D eigenvalue weighted by Gasteiger charge is -2.22. The number of aryl methyl sites for hydroxylation is 5. The van der Waals surface area contributed by atoms with Crippen LogP contribution in [0.5, 0.6) is 17.2 Å². The van der Waals surface area contributed by atoms with Gasteiger partial charge in [-0.25, -0.2) is 9.59 Å². The van der Waals surface area contributed by atoms with E-state index < -0.39 is 25.1 Å². The van der Waals surface area contributed by atoms with E-state index in [1.54, 1.807) is 82.0 Å². The van der Waals surface area contributed by atoms with Crippen LogP contribution in [0.25, 0.3) is 22.2 Å². The number of methoxy groups -OCH3 is 3. The number of fused-ring (bicyclic) bond motifs is 3. The normalized spacial score (nSPS) is 13.2. The number of aromatic nitrogens is 1. The number of carbonyl (C=O) groups excluding carboxylic acids is 3. The molecule has 1 unspecified atom stereocenters. The number of hydrogen-bond donors (Lipinski definition) is 8. The van der Waals surface area contributed by atoms with Crippen LogP contribution in [0.1, 0.15) is 118 Å². The SMILES string of the molecule is C.COc1ccc(-c2[nH]c3cccc4c3c2CCC4)cc1.COc1ccc(B(O)O)cc1.COc1ccc(C(Nc2cccc3c2C(=O)CCC3)C(=O)O)cc1.Nc1cccc2c1C(=O)CCC2.Nc1cccc2c1CCCC2.O=CC(=O)O.[B]. The first-order valence-corrected chi connectivity index (χ1v) is 27.6. The summed E-state index contributed by atoms with van der Waals surface area (Å²) in [4.78, 5) is 56.9. The van der Waals surface area contributed by atoms with Crippen LogP contribution >= 0.6 is 0 Å². The number of ketones is 2. The molecule has 0 amide bonds. The van der Waals surface area contributed by atoms with Gasteiger partial charge in [0.25, 0.3) is 0 Å². The molecule has 4 aliphatic rings. The zero-order chi connectivity index (χ0) is 59.4. The van der Waals surface area contributed by atoms with Crippen LogP contribution in [0.3, 0.4) is 0 Å². The van der Waals surface area contributed by atoms with Crippen LogP contribution in [0.15, 0.2) is 146 Å². The predicted molar refractivity (Wildman–Crippen MR) is 338 cm³/mol. The molecule has 16 nitrogen and oxygen atoms in total. The maximum atomic E-state index is 12.3. The summed E-state index contributed by atoms with van der Waals surface area (Å²) in [5.74, 6) is 0.113. The lowest BCUT2D eigenvalue weighted by atomic mass is 9.80. The monoisotopic (exact) mass is 1150 g/mol. The fourth-order valence-electron chi connectivity index (χ4n) is 10.7. The number of carboxylic acid groups (broad SMARTS) is 2. The fraction of sp³-hybridized carbons (Fsp3) is 0.269. The van der Waals surface area contributed by atoms with Gasteiger partial charge in [-0.2, -0.15) is 0 Å². The van der Waals surface area contributed by atoms with Crippen LogP contribution in [0.4, 0.5) is 17.1 Å². The molecule has 7 aromatic carbocycles. The second-order valence-corrected chi connectivity index (χ2v) is 20.2. The average Bonchev–Trinajstić information content (AvgIpc) is 3.50. The molecule has 4 aliphatic carbocycles. The number of aromatic amines is 1. The van der Waals surface area contributed by atoms with Crippen molar-refractivity contribution in [3.8, 4) is 28.5 Å². The molecule has 1 aromatic heterocycles. The lowest BCUT2D eigenvalue weighted by molar-refractivity contribution is -0.143. The molecule has 85 heavy (non-hydrogen) atoms. The number of H-pyrrole nitrogens is 1. The van der Waals surface area contributed by atoms with Crippen molar-refractivity contribution in [3.05, 3.63) is 196 Å². The average molecular weight is 1150 g/mol. The van der Waals surface area contributed by atoms with Crippen molar-refractivity contribution in [3.63, 3.8) is 0 Å². The third-order valence-electron chi connectivity index (χ3n) is 14.8. The summed E-state index contributed by atoms with van der Waals surface area (Å²) < 4.78 is 15.2. The molecular weight excluding hydrogens is 1070 g/mol. The highest BCUT2D eigenvalue weighted by Gasteiger charge is 2.26. The van der Waals surface area contributed by atoms with Crippen molar-refractivity contribution in [1.82, 2.24) is 4.98 Å². The smallest absolute Gasteiger partial charge is 0.488 e. The number of aliphatic carboxylic acids is 2. The van der Waals surface area contributed by atoms with Crippen molar-refractivity contribution in [1.29, 1.82) is 0 Å². The quantitative estimate of drug-likeness (QED) is 0.0274. The molecule has 0 fully saturated rings. The minimum absolute atomic E-state index is 0. The Bertz CT molecular complexity index is 3510. The van der Waals surface area contributed by atoms with Gasteiger partial charge in [0.15, 0.2) is 17.6 Å². The molecule has 12 rings (SSSR count). The zero-order valence-electron chi connectivity index (χ0n) is 47.6. The number of hydrogen-bond acceptors (Lipinski definition) is 13. The number of benzene rings is 7. The van der Waals surface area contributed by atoms with E-state index in [2.05, 4.69) is 52.8 Å². The molecule has 1 atom stereocenters. The van der Waals surface area contributed by atoms with Crippen molar-refractivity contribution in [2.75, 3.05) is 38.1 Å². The molecule has 0 aliphatic heterocycles. The van der Waals surface area contributed by atoms with Gasteiger partial charge in [-0.15, -0.1) is 0 Å². The molecule has 8 aromatic rings. The second-order valence-electron chi connectivity index (χ2n) is 20.2. The summed E-state index contributed by atoms with van der Waals surface area (Å²) in [6, 6.07) is 44.9. The standard InChI is InChI=1S/C19H19NO4.C18H17NO.C10H11NO.C10H13N.C7H9BO3.C2H2O3.CH4.B/c1-24-14-10-8-13(9-11-14)18(19(22)23)20-15-6-2-4-12-5-3-7-16(21)17(12)15;1-20-14-10-8-13(9-11-14)18-15-6-2-4-12-5-3-7-16(19-18)17(12)15;11-8-5-1-3-7-4-2-6-9(12)10(7)8;11-10-7-3-5-8-4-1-2-6-9(8)10;1-11-7-4-2-6(3-5-7)8(9)10;3-1-2(4)5;;/h2,4,6,8-11,18,20H,3,5,7H2,1H3,(H,22,23);3,5,7-11,19H,2,4,6H2,1H3;1,3,5H,2,4,6,11H2;3,5,7H,1-2,4,6,11H2;2-5,9-10H,1H3;1H,(H,4,5);1H4;. The van der Waals surface area contributed by atoms with E-state index in [1.165, 1.54) is 89.4 Å². The van der Waals surface area contributed by atoms with E-state index in [0.717, 1.165) is 53.8 Å². The van der Waals surface area contributed by atoms with E-state index >= 15 is 0 Å². The maximum absolute atomic E-state index is 12.3. The number of carbonyl (C=O) groups is 5. The van der Waals surface area contributed by atoms with Gasteiger partial charge in [0, 0.05) is 66.0 Å². The Balaban J connectivity index is 0.000000196. The van der Waals surface area contributed by atoms with Crippen LogP contribution in [0.2, 0.25) is 0 Å². The summed E-state index contributed by atoms with van der Waals surface area (Å²) >= 11 is 0. The molecule has 441 valence electrons. The first kappa shape index (κ1) is 66.7. The van der Waals surface area contributed by atoms with Gasteiger partial charge in [0.1, 0.15) is 17.2 Å². The number of Topliss-reactive ketones (excluding diaryl/α,β-unsaturated/α-hetero) is 2. The van der Waals surface area contributed by atoms with Gasteiger partial charge in [-0.05, 0) is 193 Å². The second kappa shape index (κ2) is 32.7. The molecule has 18 heteroatoms. The molecular formula is C67H75B2N4O12. The first-order chi connectivity index (χ1) is 40.1. The Labute approximate surface area is 499 Å². The Morgan fingerprint density at radius 2 is 1.02 bits per heavy atom. The number of carboxylic acids is 2. The molecule has 0 bridgehead atoms. The number of nitrogens with one attached hydrogen (secondary N) is 2. The van der Waals surface area contributed by atoms with Crippen LogP contribution in [0, 0.1) is 0 Å². The molecule has 10 N–H and O–H groups in total. The first-order valence-electron chi connectivity index (χ1n) is 27.6. The molecule has 0 saturated heterocycles. The number of ether oxygens (including phenoxy) is 3. The van der Waals surface area contributed by atoms with E-state index in [0.29, 0.717) is 52.3 Å². The third-order valence-corrected chi connectivity index (χ3v) is 14.8. The number of anilines is 3. The molecule has 3 radical (unpaired) electrons. The van der Waals surface area contributed by atoms with E-state index in [4.69, 9.17) is 50.4 Å². The van der Waals surface area contributed by atoms with E-state index in [-0.39, 0.29) is 33.7 Å². The number of aldehydes is 1. The summed E-state index contributed by atoms with van der Waals surface area (Å²) in [5.41, 5.74) is 27.9. The Morgan fingerprint density at radius 1 is 0.565 bits per heavy atom. The molecule has 1 heterocycles. The van der Waals surface area contributed by atoms with Crippen molar-refractivity contribution in [2.45, 2.75) is 96.9 Å². The van der Waals surface area contributed by atoms with Crippen LogP contribution in [-0.4, -0.2) is 91.9 Å². The van der Waals surface area contributed by atoms with Gasteiger partial charge < -0.3 is 56.2 Å². The van der Waals surface area contributed by atoms with Crippen molar-refractivity contribution >= 4 is 78.8 Å². The highest BCUT2D eigenvalue weighted by molar-refractivity contribution is 6.58. The maximum Gasteiger partial charge on any atom is 0.488 e.